The van der Waals surface area contributed by atoms with E-state index in [2.05, 4.69) is 10.2 Å². The van der Waals surface area contributed by atoms with Crippen molar-refractivity contribution in [2.75, 3.05) is 0 Å². The molecule has 0 saturated heterocycles. The second-order valence-electron chi connectivity index (χ2n) is 2.40. The van der Waals surface area contributed by atoms with E-state index in [0.717, 1.165) is 11.3 Å². The van der Waals surface area contributed by atoms with Crippen molar-refractivity contribution in [3.8, 4) is 0 Å². The van der Waals surface area contributed by atoms with Crippen LogP contribution in [0.4, 0.5) is 0 Å². The fraction of sp³-hybridized carbons (Fsp3) is 0.429. The first kappa shape index (κ1) is 7.94. The van der Waals surface area contributed by atoms with Gasteiger partial charge in [-0.05, 0) is 19.4 Å². The second kappa shape index (κ2) is 2.84. The summed E-state index contributed by atoms with van der Waals surface area (Å²) in [5.41, 5.74) is 1.60. The minimum absolute atomic E-state index is 0.232. The summed E-state index contributed by atoms with van der Waals surface area (Å²) >= 11 is 0. The molecule has 1 heterocycles. The van der Waals surface area contributed by atoms with Crippen LogP contribution in [0.5, 0.6) is 0 Å². The predicted octanol–water partition coefficient (Wildman–Crippen LogP) is -0.121. The number of aliphatic hydroxyl groups is 1. The Morgan fingerprint density at radius 1 is 1.55 bits per heavy atom. The summed E-state index contributed by atoms with van der Waals surface area (Å²) < 4.78 is 0. The Morgan fingerprint density at radius 3 is 2.64 bits per heavy atom. The average molecular weight is 154 g/mol. The molecule has 0 aliphatic carbocycles. The van der Waals surface area contributed by atoms with Gasteiger partial charge >= 0.3 is 0 Å². The largest absolute Gasteiger partial charge is 0.391 e. The molecular weight excluding hydrogens is 144 g/mol. The van der Waals surface area contributed by atoms with Crippen molar-refractivity contribution in [3.05, 3.63) is 27.2 Å². The molecule has 11 heavy (non-hydrogen) atoms. The van der Waals surface area contributed by atoms with Gasteiger partial charge in [-0.15, -0.1) is 0 Å². The number of rotatable bonds is 1. The van der Waals surface area contributed by atoms with E-state index < -0.39 is 0 Å². The van der Waals surface area contributed by atoms with E-state index in [1.165, 1.54) is 0 Å². The van der Waals surface area contributed by atoms with Crippen LogP contribution in [0.2, 0.25) is 0 Å². The van der Waals surface area contributed by atoms with Crippen molar-refractivity contribution < 1.29 is 5.11 Å². The first-order valence-electron chi connectivity index (χ1n) is 3.32. The lowest BCUT2D eigenvalue weighted by Crippen LogP contribution is -2.17. The van der Waals surface area contributed by atoms with Crippen LogP contribution >= 0.6 is 0 Å². The number of H-pyrrole nitrogens is 1. The molecule has 0 amide bonds. The number of aromatic nitrogens is 2. The van der Waals surface area contributed by atoms with Crippen molar-refractivity contribution in [1.82, 2.24) is 10.2 Å². The van der Waals surface area contributed by atoms with E-state index in [0.29, 0.717) is 5.56 Å². The highest BCUT2D eigenvalue weighted by molar-refractivity contribution is 5.24. The third-order valence-corrected chi connectivity index (χ3v) is 1.75. The fourth-order valence-corrected chi connectivity index (χ4v) is 0.865. The van der Waals surface area contributed by atoms with E-state index in [1.54, 1.807) is 13.8 Å². The van der Waals surface area contributed by atoms with Crippen LogP contribution < -0.4 is 5.56 Å². The molecule has 0 fully saturated rings. The van der Waals surface area contributed by atoms with E-state index in [1.807, 2.05) is 0 Å². The maximum Gasteiger partial charge on any atom is 0.269 e. The van der Waals surface area contributed by atoms with Crippen molar-refractivity contribution in [2.45, 2.75) is 20.5 Å². The maximum atomic E-state index is 10.9. The predicted molar refractivity (Wildman–Crippen MR) is 40.3 cm³/mol. The van der Waals surface area contributed by atoms with Gasteiger partial charge in [0.05, 0.1) is 12.3 Å². The molecule has 0 aromatic carbocycles. The summed E-state index contributed by atoms with van der Waals surface area (Å²) in [4.78, 5) is 10.9. The third kappa shape index (κ3) is 1.30. The number of aromatic amines is 1. The molecule has 0 atom stereocenters. The third-order valence-electron chi connectivity index (χ3n) is 1.75. The number of nitrogens with zero attached hydrogens (tertiary/aromatic N) is 1. The lowest BCUT2D eigenvalue weighted by atomic mass is 10.1. The van der Waals surface area contributed by atoms with E-state index in [-0.39, 0.29) is 12.2 Å². The Balaban J connectivity index is 3.41. The number of hydrogen-bond acceptors (Lipinski definition) is 3. The topological polar surface area (TPSA) is 66.0 Å². The van der Waals surface area contributed by atoms with Crippen LogP contribution in [0.25, 0.3) is 0 Å². The summed E-state index contributed by atoms with van der Waals surface area (Å²) in [7, 11) is 0. The molecule has 1 aromatic rings. The van der Waals surface area contributed by atoms with Gasteiger partial charge in [-0.1, -0.05) is 0 Å². The standard InChI is InChI=1S/C7H10N2O2/c1-4-5(2)8-9-7(11)6(4)3-10/h10H,3H2,1-2H3,(H,9,11). The molecule has 0 aliphatic rings. The Hall–Kier alpha value is -1.16. The normalized spacial score (nSPS) is 10.1. The molecule has 4 heteroatoms. The highest BCUT2D eigenvalue weighted by Crippen LogP contribution is 2.03. The highest BCUT2D eigenvalue weighted by Gasteiger charge is 2.04. The lowest BCUT2D eigenvalue weighted by molar-refractivity contribution is 0.278. The molecular formula is C7H10N2O2. The Kier molecular flexibility index (Phi) is 2.05. The van der Waals surface area contributed by atoms with E-state index in [9.17, 15) is 4.79 Å². The zero-order chi connectivity index (χ0) is 8.43. The summed E-state index contributed by atoms with van der Waals surface area (Å²) in [5.74, 6) is 0. The van der Waals surface area contributed by atoms with Crippen molar-refractivity contribution in [2.24, 2.45) is 0 Å². The van der Waals surface area contributed by atoms with Crippen LogP contribution in [0.3, 0.4) is 0 Å². The Bertz CT molecular complexity index is 317. The van der Waals surface area contributed by atoms with Gasteiger partial charge in [0.25, 0.3) is 5.56 Å². The van der Waals surface area contributed by atoms with Crippen molar-refractivity contribution >= 4 is 0 Å². The first-order valence-corrected chi connectivity index (χ1v) is 3.32. The molecule has 0 radical (unpaired) electrons. The SMILES string of the molecule is Cc1n[nH]c(=O)c(CO)c1C. The summed E-state index contributed by atoms with van der Waals surface area (Å²) in [6.07, 6.45) is 0. The van der Waals surface area contributed by atoms with Crippen LogP contribution in [-0.4, -0.2) is 15.3 Å². The molecule has 1 rings (SSSR count). The molecule has 0 saturated carbocycles. The minimum atomic E-state index is -0.310. The molecule has 0 unspecified atom stereocenters. The van der Waals surface area contributed by atoms with Gasteiger partial charge in [-0.25, -0.2) is 5.10 Å². The zero-order valence-corrected chi connectivity index (χ0v) is 6.51. The minimum Gasteiger partial charge on any atom is -0.391 e. The Labute approximate surface area is 63.9 Å². The fourth-order valence-electron chi connectivity index (χ4n) is 0.865. The van der Waals surface area contributed by atoms with Gasteiger partial charge in [0, 0.05) is 5.56 Å². The van der Waals surface area contributed by atoms with Crippen LogP contribution in [0.15, 0.2) is 4.79 Å². The summed E-state index contributed by atoms with van der Waals surface area (Å²) in [5, 5.41) is 14.8. The number of nitrogens with one attached hydrogen (secondary N) is 1. The smallest absolute Gasteiger partial charge is 0.269 e. The maximum absolute atomic E-state index is 10.9. The molecule has 4 nitrogen and oxygen atoms in total. The molecule has 1 aromatic heterocycles. The van der Waals surface area contributed by atoms with Gasteiger partial charge in [-0.3, -0.25) is 4.79 Å². The van der Waals surface area contributed by atoms with Gasteiger partial charge in [0.1, 0.15) is 0 Å². The van der Waals surface area contributed by atoms with Crippen molar-refractivity contribution in [1.29, 1.82) is 0 Å². The van der Waals surface area contributed by atoms with Gasteiger partial charge in [0.2, 0.25) is 0 Å². The van der Waals surface area contributed by atoms with Crippen LogP contribution in [0, 0.1) is 13.8 Å². The zero-order valence-electron chi connectivity index (χ0n) is 6.51. The quantitative estimate of drug-likeness (QED) is 0.592. The number of hydrogen-bond donors (Lipinski definition) is 2. The number of aliphatic hydroxyl groups excluding tert-OH is 1. The van der Waals surface area contributed by atoms with Crippen molar-refractivity contribution in [3.63, 3.8) is 0 Å². The molecule has 60 valence electrons. The average Bonchev–Trinajstić information content (AvgIpc) is 1.99. The summed E-state index contributed by atoms with van der Waals surface area (Å²) in [6, 6.07) is 0. The van der Waals surface area contributed by atoms with Gasteiger partial charge in [0.15, 0.2) is 0 Å². The first-order chi connectivity index (χ1) is 5.16. The van der Waals surface area contributed by atoms with E-state index >= 15 is 0 Å². The van der Waals surface area contributed by atoms with Gasteiger partial charge < -0.3 is 5.11 Å². The Morgan fingerprint density at radius 2 is 2.18 bits per heavy atom. The van der Waals surface area contributed by atoms with Gasteiger partial charge in [-0.2, -0.15) is 5.10 Å². The second-order valence-corrected chi connectivity index (χ2v) is 2.40. The molecule has 2 N–H and O–H groups in total. The summed E-state index contributed by atoms with van der Waals surface area (Å²) in [6.45, 7) is 3.32. The molecule has 0 spiro atoms. The monoisotopic (exact) mass is 154 g/mol. The van der Waals surface area contributed by atoms with Crippen LogP contribution in [-0.2, 0) is 6.61 Å². The highest BCUT2D eigenvalue weighted by atomic mass is 16.3. The van der Waals surface area contributed by atoms with Crippen LogP contribution in [0.1, 0.15) is 16.8 Å². The lowest BCUT2D eigenvalue weighted by Gasteiger charge is -2.01. The number of aryl methyl sites for hydroxylation is 1. The van der Waals surface area contributed by atoms with E-state index in [4.69, 9.17) is 5.11 Å². The molecule has 0 bridgehead atoms. The molecule has 0 aliphatic heterocycles.